The molecule has 1 saturated heterocycles. The Morgan fingerprint density at radius 1 is 1.29 bits per heavy atom. The minimum atomic E-state index is -2.96. The Balaban J connectivity index is 2.07. The summed E-state index contributed by atoms with van der Waals surface area (Å²) < 4.78 is 39.9. The SMILES string of the molecule is CCCCC(CC(CC)B1OC(C)(C)C(C)(C)O1)NC(=O)C1=CC=NC(C(C)(F)F)C1. The molecule has 1 fully saturated rings. The second kappa shape index (κ2) is 10.1. The number of allylic oxidation sites excluding steroid dienone is 1. The molecule has 2 rings (SSSR count). The summed E-state index contributed by atoms with van der Waals surface area (Å²) in [6, 6.07) is -1.27. The van der Waals surface area contributed by atoms with Gasteiger partial charge in [0.2, 0.25) is 5.91 Å². The summed E-state index contributed by atoms with van der Waals surface area (Å²) in [5.41, 5.74) is -0.452. The molecular weight excluding hydrogens is 401 g/mol. The fourth-order valence-corrected chi connectivity index (χ4v) is 3.94. The molecule has 3 atom stereocenters. The first kappa shape index (κ1) is 26.0. The molecule has 0 aliphatic carbocycles. The van der Waals surface area contributed by atoms with Crippen LogP contribution in [0, 0.1) is 0 Å². The molecule has 0 saturated carbocycles. The lowest BCUT2D eigenvalue weighted by Crippen LogP contribution is -2.41. The third kappa shape index (κ3) is 6.61. The van der Waals surface area contributed by atoms with Crippen molar-refractivity contribution in [2.75, 3.05) is 0 Å². The van der Waals surface area contributed by atoms with Crippen molar-refractivity contribution in [1.82, 2.24) is 5.32 Å². The van der Waals surface area contributed by atoms with Gasteiger partial charge in [-0.05, 0) is 52.4 Å². The van der Waals surface area contributed by atoms with Crippen molar-refractivity contribution in [3.63, 3.8) is 0 Å². The number of hydrogen-bond donors (Lipinski definition) is 1. The molecule has 0 bridgehead atoms. The van der Waals surface area contributed by atoms with E-state index in [9.17, 15) is 13.6 Å². The number of hydrogen-bond acceptors (Lipinski definition) is 4. The molecule has 0 aromatic rings. The molecule has 8 heteroatoms. The fourth-order valence-electron chi connectivity index (χ4n) is 3.94. The van der Waals surface area contributed by atoms with Gasteiger partial charge in [-0.3, -0.25) is 9.79 Å². The van der Waals surface area contributed by atoms with Gasteiger partial charge in [0.1, 0.15) is 6.04 Å². The van der Waals surface area contributed by atoms with Crippen molar-refractivity contribution in [2.45, 2.75) is 122 Å². The number of carbonyl (C=O) groups excluding carboxylic acids is 1. The topological polar surface area (TPSA) is 59.9 Å². The Morgan fingerprint density at radius 3 is 2.42 bits per heavy atom. The summed E-state index contributed by atoms with van der Waals surface area (Å²) in [6.07, 6.45) is 7.19. The van der Waals surface area contributed by atoms with E-state index in [1.165, 1.54) is 6.21 Å². The van der Waals surface area contributed by atoms with Crippen molar-refractivity contribution < 1.29 is 22.9 Å². The number of halogens is 2. The van der Waals surface area contributed by atoms with Crippen LogP contribution in [0.15, 0.2) is 16.6 Å². The first-order valence-corrected chi connectivity index (χ1v) is 11.6. The number of unbranched alkanes of at least 4 members (excludes halogenated alkanes) is 1. The minimum Gasteiger partial charge on any atom is -0.403 e. The van der Waals surface area contributed by atoms with E-state index in [0.29, 0.717) is 12.0 Å². The summed E-state index contributed by atoms with van der Waals surface area (Å²) in [6.45, 7) is 13.2. The lowest BCUT2D eigenvalue weighted by Gasteiger charge is -2.32. The number of rotatable bonds is 10. The van der Waals surface area contributed by atoms with Gasteiger partial charge in [-0.25, -0.2) is 8.78 Å². The largest absolute Gasteiger partial charge is 0.461 e. The van der Waals surface area contributed by atoms with Gasteiger partial charge < -0.3 is 14.6 Å². The molecule has 1 amide bonds. The Morgan fingerprint density at radius 2 is 1.90 bits per heavy atom. The molecule has 0 aromatic carbocycles. The van der Waals surface area contributed by atoms with Crippen LogP contribution in [0.1, 0.15) is 87.0 Å². The molecule has 0 aromatic heterocycles. The number of alkyl halides is 2. The highest BCUT2D eigenvalue weighted by atomic mass is 19.3. The monoisotopic (exact) mass is 440 g/mol. The van der Waals surface area contributed by atoms with Crippen LogP contribution in [0.3, 0.4) is 0 Å². The zero-order chi connectivity index (χ0) is 23.4. The van der Waals surface area contributed by atoms with Gasteiger partial charge in [-0.15, -0.1) is 0 Å². The average Bonchev–Trinajstić information content (AvgIpc) is 2.90. The maximum Gasteiger partial charge on any atom is 0.461 e. The van der Waals surface area contributed by atoms with Crippen LogP contribution in [0.5, 0.6) is 0 Å². The number of nitrogens with zero attached hydrogens (tertiary/aromatic N) is 1. The summed E-state index contributed by atoms with van der Waals surface area (Å²) >= 11 is 0. The van der Waals surface area contributed by atoms with E-state index < -0.39 is 23.2 Å². The highest BCUT2D eigenvalue weighted by molar-refractivity contribution is 6.47. The van der Waals surface area contributed by atoms with E-state index in [-0.39, 0.29) is 31.3 Å². The zero-order valence-electron chi connectivity index (χ0n) is 20.1. The maximum absolute atomic E-state index is 13.7. The highest BCUT2D eigenvalue weighted by Crippen LogP contribution is 2.42. The quantitative estimate of drug-likeness (QED) is 0.466. The number of carbonyl (C=O) groups is 1. The molecule has 1 N–H and O–H groups in total. The Bertz CT molecular complexity index is 673. The number of dihydropyridines is 1. The summed E-state index contributed by atoms with van der Waals surface area (Å²) in [7, 11) is -0.333. The molecule has 31 heavy (non-hydrogen) atoms. The minimum absolute atomic E-state index is 0.0548. The van der Waals surface area contributed by atoms with Gasteiger partial charge in [0, 0.05) is 31.2 Å². The lowest BCUT2D eigenvalue weighted by molar-refractivity contribution is -0.118. The van der Waals surface area contributed by atoms with Gasteiger partial charge in [0.25, 0.3) is 5.92 Å². The van der Waals surface area contributed by atoms with Gasteiger partial charge in [0.05, 0.1) is 11.2 Å². The normalized spacial score (nSPS) is 24.6. The molecule has 0 radical (unpaired) electrons. The van der Waals surface area contributed by atoms with E-state index in [1.807, 2.05) is 27.7 Å². The molecule has 3 unspecified atom stereocenters. The Hall–Kier alpha value is -1.28. The molecular formula is C23H39BF2N2O3. The maximum atomic E-state index is 13.7. The summed E-state index contributed by atoms with van der Waals surface area (Å²) in [4.78, 5) is 16.7. The second-order valence-electron chi connectivity index (χ2n) is 10.0. The summed E-state index contributed by atoms with van der Waals surface area (Å²) in [5, 5.41) is 3.10. The third-order valence-corrected chi connectivity index (χ3v) is 6.84. The van der Waals surface area contributed by atoms with E-state index in [4.69, 9.17) is 9.31 Å². The first-order chi connectivity index (χ1) is 14.3. The van der Waals surface area contributed by atoms with Crippen LogP contribution in [-0.4, -0.2) is 48.4 Å². The molecule has 176 valence electrons. The number of aliphatic imine (C=N–C) groups is 1. The molecule has 5 nitrogen and oxygen atoms in total. The third-order valence-electron chi connectivity index (χ3n) is 6.84. The van der Waals surface area contributed by atoms with E-state index >= 15 is 0 Å². The van der Waals surface area contributed by atoms with Gasteiger partial charge in [0.15, 0.2) is 0 Å². The van der Waals surface area contributed by atoms with E-state index in [1.54, 1.807) is 6.08 Å². The van der Waals surface area contributed by atoms with Gasteiger partial charge >= 0.3 is 7.12 Å². The van der Waals surface area contributed by atoms with Crippen LogP contribution >= 0.6 is 0 Å². The van der Waals surface area contributed by atoms with Crippen LogP contribution in [-0.2, 0) is 14.1 Å². The predicted octanol–water partition coefficient (Wildman–Crippen LogP) is 5.35. The Kier molecular flexibility index (Phi) is 8.48. The molecule has 0 spiro atoms. The second-order valence-corrected chi connectivity index (χ2v) is 10.0. The predicted molar refractivity (Wildman–Crippen MR) is 122 cm³/mol. The van der Waals surface area contributed by atoms with Crippen molar-refractivity contribution in [3.05, 3.63) is 11.6 Å². The van der Waals surface area contributed by atoms with Crippen LogP contribution < -0.4 is 5.32 Å². The van der Waals surface area contributed by atoms with Crippen LogP contribution in [0.2, 0.25) is 5.82 Å². The molecule has 2 aliphatic rings. The smallest absolute Gasteiger partial charge is 0.403 e. The highest BCUT2D eigenvalue weighted by Gasteiger charge is 2.53. The molecule has 2 heterocycles. The number of amides is 1. The van der Waals surface area contributed by atoms with Crippen LogP contribution in [0.25, 0.3) is 0 Å². The van der Waals surface area contributed by atoms with E-state index in [2.05, 4.69) is 24.2 Å². The van der Waals surface area contributed by atoms with Crippen molar-refractivity contribution >= 4 is 19.2 Å². The zero-order valence-corrected chi connectivity index (χ0v) is 20.1. The van der Waals surface area contributed by atoms with Gasteiger partial charge in [-0.1, -0.05) is 33.1 Å². The Labute approximate surface area is 186 Å². The first-order valence-electron chi connectivity index (χ1n) is 11.6. The van der Waals surface area contributed by atoms with Crippen molar-refractivity contribution in [3.8, 4) is 0 Å². The van der Waals surface area contributed by atoms with Gasteiger partial charge in [-0.2, -0.15) is 0 Å². The fraction of sp³-hybridized carbons (Fsp3) is 0.826. The lowest BCUT2D eigenvalue weighted by atomic mass is 9.67. The van der Waals surface area contributed by atoms with Crippen molar-refractivity contribution in [2.24, 2.45) is 4.99 Å². The van der Waals surface area contributed by atoms with Crippen LogP contribution in [0.4, 0.5) is 8.78 Å². The van der Waals surface area contributed by atoms with E-state index in [0.717, 1.165) is 32.6 Å². The number of nitrogens with one attached hydrogen (secondary N) is 1. The van der Waals surface area contributed by atoms with Crippen molar-refractivity contribution in [1.29, 1.82) is 0 Å². The average molecular weight is 440 g/mol. The molecule has 2 aliphatic heterocycles. The standard InChI is InChI=1S/C23H39BF2N2O3/c1-8-10-11-18(15-17(9-2)24-30-21(3,4)22(5,6)31-24)28-20(29)16-12-13-27-19(14-16)23(7,25)26/h12-13,17-19H,8-11,14-15H2,1-7H3,(H,28,29). The summed E-state index contributed by atoms with van der Waals surface area (Å²) in [5.74, 6) is -3.12.